The van der Waals surface area contributed by atoms with E-state index in [0.29, 0.717) is 10.5 Å². The molecule has 0 aliphatic rings. The molecule has 0 aromatic heterocycles. The summed E-state index contributed by atoms with van der Waals surface area (Å²) in [7, 11) is 0. The molecule has 2 amide bonds. The van der Waals surface area contributed by atoms with Crippen molar-refractivity contribution in [2.45, 2.75) is 6.92 Å². The van der Waals surface area contributed by atoms with Crippen LogP contribution in [0.1, 0.15) is 5.56 Å². The largest absolute Gasteiger partial charge is 0.480 e. The van der Waals surface area contributed by atoms with Gasteiger partial charge in [0.2, 0.25) is 0 Å². The monoisotopic (exact) mass is 284 g/mol. The predicted molar refractivity (Wildman–Crippen MR) is 67.0 cm³/mol. The molecule has 1 rings (SSSR count). The number of nitrogens with zero attached hydrogens (tertiary/aromatic N) is 1. The smallest absolute Gasteiger partial charge is 0.323 e. The molecule has 0 aliphatic carbocycles. The molecule has 1 aromatic carbocycles. The van der Waals surface area contributed by atoms with Crippen molar-refractivity contribution >= 4 is 23.7 Å². The van der Waals surface area contributed by atoms with Gasteiger partial charge >= 0.3 is 18.0 Å². The Kier molecular flexibility index (Phi) is 5.01. The van der Waals surface area contributed by atoms with Crippen molar-refractivity contribution < 1.29 is 29.0 Å². The zero-order valence-corrected chi connectivity index (χ0v) is 10.6. The molecule has 0 spiro atoms. The summed E-state index contributed by atoms with van der Waals surface area (Å²) in [4.78, 5) is 33.6. The van der Waals surface area contributed by atoms with Gasteiger partial charge in [0.1, 0.15) is 18.9 Å². The number of benzene rings is 1. The van der Waals surface area contributed by atoms with E-state index >= 15 is 0 Å². The van der Waals surface area contributed by atoms with E-state index in [0.717, 1.165) is 6.07 Å². The van der Waals surface area contributed by atoms with E-state index in [1.165, 1.54) is 19.1 Å². The van der Waals surface area contributed by atoms with Gasteiger partial charge in [-0.05, 0) is 30.7 Å². The van der Waals surface area contributed by atoms with Crippen LogP contribution in [-0.4, -0.2) is 46.2 Å². The second kappa shape index (κ2) is 6.50. The summed E-state index contributed by atoms with van der Waals surface area (Å²) in [5.41, 5.74) is 0.542. The Morgan fingerprint density at radius 3 is 2.20 bits per heavy atom. The number of carbonyl (C=O) groups is 3. The SMILES string of the molecule is Cc1cc(NC(=O)N(CC(=O)O)CC(=O)O)ccc1F. The second-order valence-electron chi connectivity index (χ2n) is 4.04. The molecule has 0 saturated carbocycles. The minimum atomic E-state index is -1.34. The Balaban J connectivity index is 2.81. The lowest BCUT2D eigenvalue weighted by molar-refractivity contribution is -0.140. The van der Waals surface area contributed by atoms with E-state index in [-0.39, 0.29) is 5.69 Å². The van der Waals surface area contributed by atoms with Gasteiger partial charge in [-0.1, -0.05) is 0 Å². The Hall–Kier alpha value is -2.64. The topological polar surface area (TPSA) is 107 Å². The summed E-state index contributed by atoms with van der Waals surface area (Å²) in [5, 5.41) is 19.6. The molecule has 0 unspecified atom stereocenters. The quantitative estimate of drug-likeness (QED) is 0.751. The molecule has 108 valence electrons. The van der Waals surface area contributed by atoms with E-state index in [2.05, 4.69) is 5.32 Å². The number of urea groups is 1. The first kappa shape index (κ1) is 15.4. The Morgan fingerprint density at radius 1 is 1.20 bits per heavy atom. The van der Waals surface area contributed by atoms with Crippen LogP contribution in [-0.2, 0) is 9.59 Å². The van der Waals surface area contributed by atoms with Crippen LogP contribution in [0.5, 0.6) is 0 Å². The summed E-state index contributed by atoms with van der Waals surface area (Å²) >= 11 is 0. The van der Waals surface area contributed by atoms with Gasteiger partial charge in [0.15, 0.2) is 0 Å². The van der Waals surface area contributed by atoms with Crippen LogP contribution >= 0.6 is 0 Å². The third-order valence-electron chi connectivity index (χ3n) is 2.35. The van der Waals surface area contributed by atoms with Crippen LogP contribution in [0.25, 0.3) is 0 Å². The average Bonchev–Trinajstić information content (AvgIpc) is 2.32. The number of aryl methyl sites for hydroxylation is 1. The molecule has 0 atom stereocenters. The molecule has 3 N–H and O–H groups in total. The summed E-state index contributed by atoms with van der Waals surface area (Å²) in [6, 6.07) is 2.90. The van der Waals surface area contributed by atoms with Gasteiger partial charge in [0.25, 0.3) is 0 Å². The number of carboxylic acid groups (broad SMARTS) is 2. The highest BCUT2D eigenvalue weighted by Gasteiger charge is 2.19. The zero-order chi connectivity index (χ0) is 15.3. The Bertz CT molecular complexity index is 531. The first-order valence-corrected chi connectivity index (χ1v) is 5.55. The minimum absolute atomic E-state index is 0.245. The Morgan fingerprint density at radius 2 is 1.75 bits per heavy atom. The third-order valence-corrected chi connectivity index (χ3v) is 2.35. The maximum absolute atomic E-state index is 13.1. The fraction of sp³-hybridized carbons (Fsp3) is 0.250. The van der Waals surface area contributed by atoms with Crippen LogP contribution in [0.3, 0.4) is 0 Å². The zero-order valence-electron chi connectivity index (χ0n) is 10.6. The molecule has 0 fully saturated rings. The molecule has 0 radical (unpaired) electrons. The molecule has 1 aromatic rings. The predicted octanol–water partition coefficient (Wildman–Crippen LogP) is 1.14. The van der Waals surface area contributed by atoms with E-state index in [1.807, 2.05) is 0 Å². The number of aliphatic carboxylic acids is 2. The van der Waals surface area contributed by atoms with Crippen molar-refractivity contribution in [1.82, 2.24) is 4.90 Å². The van der Waals surface area contributed by atoms with E-state index < -0.39 is 36.9 Å². The number of halogens is 1. The number of carbonyl (C=O) groups excluding carboxylic acids is 1. The lowest BCUT2D eigenvalue weighted by Crippen LogP contribution is -2.41. The van der Waals surface area contributed by atoms with Gasteiger partial charge in [0.05, 0.1) is 0 Å². The van der Waals surface area contributed by atoms with E-state index in [4.69, 9.17) is 10.2 Å². The number of rotatable bonds is 5. The fourth-order valence-electron chi connectivity index (χ4n) is 1.45. The summed E-state index contributed by atoms with van der Waals surface area (Å²) in [5.74, 6) is -3.12. The lowest BCUT2D eigenvalue weighted by Gasteiger charge is -2.19. The Labute approximate surface area is 113 Å². The van der Waals surface area contributed by atoms with Crippen molar-refractivity contribution in [2.75, 3.05) is 18.4 Å². The second-order valence-corrected chi connectivity index (χ2v) is 4.04. The number of nitrogens with one attached hydrogen (secondary N) is 1. The van der Waals surface area contributed by atoms with Crippen molar-refractivity contribution in [1.29, 1.82) is 0 Å². The van der Waals surface area contributed by atoms with E-state index in [9.17, 15) is 18.8 Å². The normalized spacial score (nSPS) is 9.90. The highest BCUT2D eigenvalue weighted by Crippen LogP contribution is 2.14. The molecular formula is C12H13FN2O5. The molecule has 0 bridgehead atoms. The highest BCUT2D eigenvalue weighted by atomic mass is 19.1. The van der Waals surface area contributed by atoms with Crippen LogP contribution in [0, 0.1) is 12.7 Å². The average molecular weight is 284 g/mol. The third kappa shape index (κ3) is 4.56. The van der Waals surface area contributed by atoms with Gasteiger partial charge in [0, 0.05) is 5.69 Å². The van der Waals surface area contributed by atoms with Crippen molar-refractivity contribution in [2.24, 2.45) is 0 Å². The van der Waals surface area contributed by atoms with Gasteiger partial charge in [-0.25, -0.2) is 9.18 Å². The molecule has 0 heterocycles. The molecule has 8 heteroatoms. The fourth-order valence-corrected chi connectivity index (χ4v) is 1.45. The molecular weight excluding hydrogens is 271 g/mol. The lowest BCUT2D eigenvalue weighted by atomic mass is 10.2. The van der Waals surface area contributed by atoms with Gasteiger partial charge in [-0.15, -0.1) is 0 Å². The number of amides is 2. The number of anilines is 1. The van der Waals surface area contributed by atoms with Crippen LogP contribution in [0.4, 0.5) is 14.9 Å². The molecule has 20 heavy (non-hydrogen) atoms. The van der Waals surface area contributed by atoms with Crippen molar-refractivity contribution in [3.05, 3.63) is 29.6 Å². The maximum atomic E-state index is 13.1. The summed E-state index contributed by atoms with van der Waals surface area (Å²) < 4.78 is 13.1. The molecule has 7 nitrogen and oxygen atoms in total. The van der Waals surface area contributed by atoms with Crippen LogP contribution in [0.2, 0.25) is 0 Å². The first-order valence-electron chi connectivity index (χ1n) is 5.55. The van der Waals surface area contributed by atoms with Crippen molar-refractivity contribution in [3.8, 4) is 0 Å². The summed E-state index contributed by atoms with van der Waals surface area (Å²) in [6.07, 6.45) is 0. The van der Waals surface area contributed by atoms with Gasteiger partial charge < -0.3 is 20.4 Å². The summed E-state index contributed by atoms with van der Waals surface area (Å²) in [6.45, 7) is -0.00608. The molecule has 0 aliphatic heterocycles. The first-order chi connectivity index (χ1) is 9.29. The standard InChI is InChI=1S/C12H13FN2O5/c1-7-4-8(2-3-9(7)13)14-12(20)15(5-10(16)17)6-11(18)19/h2-4H,5-6H2,1H3,(H,14,20)(H,16,17)(H,18,19). The van der Waals surface area contributed by atoms with E-state index in [1.54, 1.807) is 0 Å². The minimum Gasteiger partial charge on any atom is -0.480 e. The van der Waals surface area contributed by atoms with Gasteiger partial charge in [-0.2, -0.15) is 0 Å². The number of carboxylic acids is 2. The highest BCUT2D eigenvalue weighted by molar-refractivity contribution is 5.93. The van der Waals surface area contributed by atoms with Gasteiger partial charge in [-0.3, -0.25) is 9.59 Å². The van der Waals surface area contributed by atoms with Crippen LogP contribution < -0.4 is 5.32 Å². The number of hydrogen-bond donors (Lipinski definition) is 3. The van der Waals surface area contributed by atoms with Crippen molar-refractivity contribution in [3.63, 3.8) is 0 Å². The maximum Gasteiger partial charge on any atom is 0.323 e. The van der Waals surface area contributed by atoms with Crippen LogP contribution in [0.15, 0.2) is 18.2 Å². The number of hydrogen-bond acceptors (Lipinski definition) is 3. The molecule has 0 saturated heterocycles.